The lowest BCUT2D eigenvalue weighted by atomic mass is 10.1. The van der Waals surface area contributed by atoms with Gasteiger partial charge in [0.25, 0.3) is 0 Å². The number of carbonyl (C=O) groups is 2. The zero-order valence-electron chi connectivity index (χ0n) is 10.6. The molecule has 17 heavy (non-hydrogen) atoms. The molecule has 2 N–H and O–H groups in total. The van der Waals surface area contributed by atoms with Crippen molar-refractivity contribution in [3.8, 4) is 0 Å². The summed E-state index contributed by atoms with van der Waals surface area (Å²) in [4.78, 5) is 23.9. The second-order valence-corrected chi connectivity index (χ2v) is 5.23. The van der Waals surface area contributed by atoms with E-state index in [4.69, 9.17) is 10.5 Å². The second-order valence-electron chi connectivity index (χ2n) is 5.23. The number of amides is 2. The Morgan fingerprint density at radius 2 is 2.06 bits per heavy atom. The third kappa shape index (κ3) is 4.89. The molecule has 1 atom stereocenters. The number of likely N-dealkylation sites (tertiary alicyclic amines) is 1. The number of ether oxygens (including phenoxy) is 1. The molecule has 0 saturated carbocycles. The van der Waals surface area contributed by atoms with E-state index in [1.54, 1.807) is 11.0 Å². The van der Waals surface area contributed by atoms with Gasteiger partial charge in [0.1, 0.15) is 5.60 Å². The molecule has 5 heteroatoms. The molecule has 0 radical (unpaired) electrons. The highest BCUT2D eigenvalue weighted by Crippen LogP contribution is 2.17. The van der Waals surface area contributed by atoms with E-state index in [0.717, 1.165) is 6.42 Å². The van der Waals surface area contributed by atoms with Gasteiger partial charge in [-0.15, -0.1) is 0 Å². The van der Waals surface area contributed by atoms with Crippen LogP contribution in [0.25, 0.3) is 0 Å². The maximum atomic E-state index is 11.4. The molecule has 0 bridgehead atoms. The van der Waals surface area contributed by atoms with Crippen LogP contribution < -0.4 is 5.73 Å². The van der Waals surface area contributed by atoms with Gasteiger partial charge in [-0.1, -0.05) is 6.08 Å². The first kappa shape index (κ1) is 13.5. The molecule has 0 aromatic rings. The zero-order valence-corrected chi connectivity index (χ0v) is 10.6. The molecule has 0 aliphatic carbocycles. The van der Waals surface area contributed by atoms with Crippen LogP contribution in [0.15, 0.2) is 12.2 Å². The van der Waals surface area contributed by atoms with E-state index in [0.29, 0.717) is 13.1 Å². The number of carbonyl (C=O) groups excluding carboxylic acids is 2. The molecule has 2 amide bonds. The van der Waals surface area contributed by atoms with E-state index in [1.165, 1.54) is 6.08 Å². The molecular weight excluding hydrogens is 220 g/mol. The number of rotatable bonds is 2. The van der Waals surface area contributed by atoms with Crippen LogP contribution in [0.3, 0.4) is 0 Å². The summed E-state index contributed by atoms with van der Waals surface area (Å²) in [6, 6.07) is -0.404. The summed E-state index contributed by atoms with van der Waals surface area (Å²) in [6.07, 6.45) is 4.06. The molecule has 0 aromatic carbocycles. The van der Waals surface area contributed by atoms with Crippen molar-refractivity contribution in [1.82, 2.24) is 4.90 Å². The number of urea groups is 1. The average molecular weight is 240 g/mol. The van der Waals surface area contributed by atoms with Crippen LogP contribution in [0.2, 0.25) is 0 Å². The fourth-order valence-electron chi connectivity index (χ4n) is 1.70. The minimum Gasteiger partial charge on any atom is -0.457 e. The smallest absolute Gasteiger partial charge is 0.330 e. The van der Waals surface area contributed by atoms with Gasteiger partial charge in [-0.2, -0.15) is 0 Å². The van der Waals surface area contributed by atoms with Crippen LogP contribution in [0, 0.1) is 5.92 Å². The van der Waals surface area contributed by atoms with Crippen molar-refractivity contribution in [2.24, 2.45) is 11.7 Å². The van der Waals surface area contributed by atoms with E-state index in [2.05, 4.69) is 0 Å². The summed E-state index contributed by atoms with van der Waals surface area (Å²) in [7, 11) is 0. The predicted octanol–water partition coefficient (Wildman–Crippen LogP) is 1.28. The van der Waals surface area contributed by atoms with Gasteiger partial charge >= 0.3 is 12.0 Å². The van der Waals surface area contributed by atoms with Gasteiger partial charge in [0.15, 0.2) is 0 Å². The standard InChI is InChI=1S/C12H20N2O3/c1-12(2,3)17-10(15)5-4-9-6-7-14(8-9)11(13)16/h4-5,9H,6-8H2,1-3H3,(H2,13,16)/b5-4-. The molecule has 0 spiro atoms. The number of hydrogen-bond donors (Lipinski definition) is 1. The minimum atomic E-state index is -0.476. The van der Waals surface area contributed by atoms with Crippen LogP contribution >= 0.6 is 0 Å². The summed E-state index contributed by atoms with van der Waals surface area (Å²) in [5, 5.41) is 0. The zero-order chi connectivity index (χ0) is 13.1. The molecule has 0 aromatic heterocycles. The third-order valence-electron chi connectivity index (χ3n) is 2.45. The van der Waals surface area contributed by atoms with Gasteiger partial charge in [0.2, 0.25) is 0 Å². The Morgan fingerprint density at radius 1 is 1.41 bits per heavy atom. The number of esters is 1. The maximum absolute atomic E-state index is 11.4. The fourth-order valence-corrected chi connectivity index (χ4v) is 1.70. The predicted molar refractivity (Wildman–Crippen MR) is 64.2 cm³/mol. The summed E-state index contributed by atoms with van der Waals surface area (Å²) < 4.78 is 5.14. The normalized spacial score (nSPS) is 20.9. The number of hydrogen-bond acceptors (Lipinski definition) is 3. The molecule has 1 fully saturated rings. The molecule has 96 valence electrons. The first-order chi connectivity index (χ1) is 7.78. The van der Waals surface area contributed by atoms with Crippen molar-refractivity contribution < 1.29 is 14.3 Å². The van der Waals surface area contributed by atoms with Crippen molar-refractivity contribution in [3.63, 3.8) is 0 Å². The van der Waals surface area contributed by atoms with Gasteiger partial charge in [0.05, 0.1) is 0 Å². The molecule has 1 aliphatic heterocycles. The summed E-state index contributed by atoms with van der Waals surface area (Å²) in [5.41, 5.74) is 4.69. The second kappa shape index (κ2) is 5.21. The van der Waals surface area contributed by atoms with E-state index in [-0.39, 0.29) is 11.9 Å². The quantitative estimate of drug-likeness (QED) is 0.584. The van der Waals surface area contributed by atoms with Crippen LogP contribution in [-0.2, 0) is 9.53 Å². The third-order valence-corrected chi connectivity index (χ3v) is 2.45. The number of nitrogens with zero attached hydrogens (tertiary/aromatic N) is 1. The highest BCUT2D eigenvalue weighted by atomic mass is 16.6. The van der Waals surface area contributed by atoms with Crippen molar-refractivity contribution in [1.29, 1.82) is 0 Å². The van der Waals surface area contributed by atoms with Gasteiger partial charge < -0.3 is 15.4 Å². The molecule has 1 unspecified atom stereocenters. The van der Waals surface area contributed by atoms with E-state index in [9.17, 15) is 9.59 Å². The van der Waals surface area contributed by atoms with Crippen molar-refractivity contribution in [2.75, 3.05) is 13.1 Å². The molecule has 1 heterocycles. The Bertz CT molecular complexity index is 331. The van der Waals surface area contributed by atoms with Crippen molar-refractivity contribution in [2.45, 2.75) is 32.8 Å². The van der Waals surface area contributed by atoms with E-state index >= 15 is 0 Å². The van der Waals surface area contributed by atoms with Gasteiger partial charge in [-0.05, 0) is 33.1 Å². The lowest BCUT2D eigenvalue weighted by Crippen LogP contribution is -2.33. The van der Waals surface area contributed by atoms with Gasteiger partial charge in [-0.25, -0.2) is 9.59 Å². The van der Waals surface area contributed by atoms with Gasteiger partial charge in [0, 0.05) is 19.2 Å². The summed E-state index contributed by atoms with van der Waals surface area (Å²) >= 11 is 0. The fraction of sp³-hybridized carbons (Fsp3) is 0.667. The van der Waals surface area contributed by atoms with Crippen LogP contribution in [-0.4, -0.2) is 35.6 Å². The van der Waals surface area contributed by atoms with Gasteiger partial charge in [-0.3, -0.25) is 0 Å². The monoisotopic (exact) mass is 240 g/mol. The summed E-state index contributed by atoms with van der Waals surface area (Å²) in [6.45, 7) is 6.70. The molecule has 1 aliphatic rings. The van der Waals surface area contributed by atoms with Crippen molar-refractivity contribution in [3.05, 3.63) is 12.2 Å². The first-order valence-electron chi connectivity index (χ1n) is 5.73. The Morgan fingerprint density at radius 3 is 2.53 bits per heavy atom. The lowest BCUT2D eigenvalue weighted by Gasteiger charge is -2.18. The Balaban J connectivity index is 2.40. The maximum Gasteiger partial charge on any atom is 0.330 e. The Labute approximate surface area is 102 Å². The molecule has 1 saturated heterocycles. The summed E-state index contributed by atoms with van der Waals surface area (Å²) in [5.74, 6) is -0.162. The van der Waals surface area contributed by atoms with Crippen LogP contribution in [0.1, 0.15) is 27.2 Å². The lowest BCUT2D eigenvalue weighted by molar-refractivity contribution is -0.148. The molecule has 1 rings (SSSR count). The Hall–Kier alpha value is -1.52. The highest BCUT2D eigenvalue weighted by Gasteiger charge is 2.23. The first-order valence-corrected chi connectivity index (χ1v) is 5.73. The van der Waals surface area contributed by atoms with E-state index in [1.807, 2.05) is 20.8 Å². The van der Waals surface area contributed by atoms with Crippen molar-refractivity contribution >= 4 is 12.0 Å². The van der Waals surface area contributed by atoms with E-state index < -0.39 is 11.6 Å². The number of primary amides is 1. The number of nitrogens with two attached hydrogens (primary N) is 1. The minimum absolute atomic E-state index is 0.190. The van der Waals surface area contributed by atoms with Crippen LogP contribution in [0.4, 0.5) is 4.79 Å². The van der Waals surface area contributed by atoms with Crippen LogP contribution in [0.5, 0.6) is 0 Å². The highest BCUT2D eigenvalue weighted by molar-refractivity contribution is 5.82. The molecular formula is C12H20N2O3. The Kier molecular flexibility index (Phi) is 4.15. The molecule has 5 nitrogen and oxygen atoms in total. The topological polar surface area (TPSA) is 72.6 Å². The SMILES string of the molecule is CC(C)(C)OC(=O)/C=C\C1CCN(C(N)=O)C1. The largest absolute Gasteiger partial charge is 0.457 e. The average Bonchev–Trinajstić information content (AvgIpc) is 2.60.